The molecule has 1 aromatic carbocycles. The van der Waals surface area contributed by atoms with Crippen LogP contribution in [0.1, 0.15) is 33.1 Å². The minimum atomic E-state index is -0.905. The number of methoxy groups -OCH3 is 1. The molecular weight excluding hydrogens is 328 g/mol. The van der Waals surface area contributed by atoms with E-state index in [9.17, 15) is 14.4 Å². The summed E-state index contributed by atoms with van der Waals surface area (Å²) >= 11 is 0. The number of carboxylic acid groups (broad SMARTS) is 1. The molecule has 0 saturated heterocycles. The maximum Gasteiger partial charge on any atom is 0.319 e. The van der Waals surface area contributed by atoms with Gasteiger partial charge in [-0.2, -0.15) is 0 Å². The van der Waals surface area contributed by atoms with Crippen molar-refractivity contribution in [2.75, 3.05) is 19.0 Å². The van der Waals surface area contributed by atoms with Crippen LogP contribution in [0.3, 0.4) is 0 Å². The Bertz CT molecular complexity index is 598. The first-order valence-electron chi connectivity index (χ1n) is 7.82. The highest BCUT2D eigenvalue weighted by atomic mass is 16.5. The maximum atomic E-state index is 12.0. The highest BCUT2D eigenvalue weighted by molar-refractivity contribution is 5.89. The lowest BCUT2D eigenvalue weighted by Crippen LogP contribution is -2.45. The lowest BCUT2D eigenvalue weighted by molar-refractivity contribution is -0.141. The maximum absolute atomic E-state index is 12.0. The van der Waals surface area contributed by atoms with Crippen molar-refractivity contribution in [1.82, 2.24) is 5.32 Å². The van der Waals surface area contributed by atoms with Gasteiger partial charge in [-0.15, -0.1) is 0 Å². The molecule has 0 aliphatic carbocycles. The van der Waals surface area contributed by atoms with Crippen molar-refractivity contribution < 1.29 is 29.0 Å². The fourth-order valence-corrected chi connectivity index (χ4v) is 1.94. The second kappa shape index (κ2) is 9.51. The molecule has 0 spiro atoms. The zero-order valence-electron chi connectivity index (χ0n) is 14.6. The van der Waals surface area contributed by atoms with Crippen LogP contribution in [-0.4, -0.2) is 42.3 Å². The number of hydrogen-bond acceptors (Lipinski definition) is 5. The Hall–Kier alpha value is -2.77. The number of amides is 2. The van der Waals surface area contributed by atoms with Crippen molar-refractivity contribution in [2.24, 2.45) is 0 Å². The van der Waals surface area contributed by atoms with Crippen LogP contribution in [0.2, 0.25) is 0 Å². The van der Waals surface area contributed by atoms with Crippen LogP contribution in [0.25, 0.3) is 0 Å². The number of urea groups is 1. The molecule has 0 fully saturated rings. The predicted molar refractivity (Wildman–Crippen MR) is 91.7 cm³/mol. The Kier molecular flexibility index (Phi) is 7.71. The average molecular weight is 352 g/mol. The zero-order chi connectivity index (χ0) is 18.9. The van der Waals surface area contributed by atoms with Gasteiger partial charge in [-0.3, -0.25) is 9.59 Å². The average Bonchev–Trinajstić information content (AvgIpc) is 2.54. The molecule has 0 atom stereocenters. The SMILES string of the molecule is COC(=O)CCOc1ccc(NC(=O)NC(C)(C)CCC(=O)O)cc1. The molecule has 0 aromatic heterocycles. The first-order valence-corrected chi connectivity index (χ1v) is 7.82. The fourth-order valence-electron chi connectivity index (χ4n) is 1.94. The van der Waals surface area contributed by atoms with Gasteiger partial charge in [-0.1, -0.05) is 0 Å². The lowest BCUT2D eigenvalue weighted by Gasteiger charge is -2.25. The number of hydrogen-bond donors (Lipinski definition) is 3. The number of nitrogens with one attached hydrogen (secondary N) is 2. The molecule has 1 aromatic rings. The number of rotatable bonds is 9. The van der Waals surface area contributed by atoms with Gasteiger partial charge in [0.15, 0.2) is 0 Å². The second-order valence-corrected chi connectivity index (χ2v) is 6.06. The molecule has 0 aliphatic rings. The van der Waals surface area contributed by atoms with E-state index in [1.165, 1.54) is 7.11 Å². The van der Waals surface area contributed by atoms with E-state index in [1.54, 1.807) is 38.1 Å². The summed E-state index contributed by atoms with van der Waals surface area (Å²) in [4.78, 5) is 33.6. The molecule has 0 heterocycles. The van der Waals surface area contributed by atoms with E-state index in [0.29, 0.717) is 17.9 Å². The standard InChI is InChI=1S/C17H24N2O6/c1-17(2,10-8-14(20)21)19-16(23)18-12-4-6-13(7-5-12)25-11-9-15(22)24-3/h4-7H,8-11H2,1-3H3,(H,20,21)(H2,18,19,23). The zero-order valence-corrected chi connectivity index (χ0v) is 14.6. The van der Waals surface area contributed by atoms with Gasteiger partial charge >= 0.3 is 18.0 Å². The topological polar surface area (TPSA) is 114 Å². The summed E-state index contributed by atoms with van der Waals surface area (Å²) < 4.78 is 9.90. The summed E-state index contributed by atoms with van der Waals surface area (Å²) in [5, 5.41) is 14.1. The minimum Gasteiger partial charge on any atom is -0.493 e. The highest BCUT2D eigenvalue weighted by Crippen LogP contribution is 2.17. The van der Waals surface area contributed by atoms with Crippen molar-refractivity contribution >= 4 is 23.7 Å². The quantitative estimate of drug-likeness (QED) is 0.588. The van der Waals surface area contributed by atoms with E-state index in [4.69, 9.17) is 9.84 Å². The van der Waals surface area contributed by atoms with Crippen molar-refractivity contribution in [3.63, 3.8) is 0 Å². The molecule has 2 amide bonds. The molecule has 3 N–H and O–H groups in total. The number of carboxylic acids is 1. The van der Waals surface area contributed by atoms with Gasteiger partial charge in [-0.25, -0.2) is 4.79 Å². The van der Waals surface area contributed by atoms with Crippen LogP contribution in [0, 0.1) is 0 Å². The molecule has 25 heavy (non-hydrogen) atoms. The molecule has 8 nitrogen and oxygen atoms in total. The molecular formula is C17H24N2O6. The van der Waals surface area contributed by atoms with Crippen LogP contribution in [-0.2, 0) is 14.3 Å². The van der Waals surface area contributed by atoms with Gasteiger partial charge < -0.3 is 25.2 Å². The Morgan fingerprint density at radius 3 is 2.32 bits per heavy atom. The monoisotopic (exact) mass is 352 g/mol. The van der Waals surface area contributed by atoms with E-state index in [2.05, 4.69) is 15.4 Å². The third-order valence-electron chi connectivity index (χ3n) is 3.33. The predicted octanol–water partition coefficient (Wildman–Crippen LogP) is 2.39. The van der Waals surface area contributed by atoms with Gasteiger partial charge in [0.1, 0.15) is 5.75 Å². The third kappa shape index (κ3) is 8.59. The van der Waals surface area contributed by atoms with Crippen LogP contribution < -0.4 is 15.4 Å². The Morgan fingerprint density at radius 2 is 1.76 bits per heavy atom. The van der Waals surface area contributed by atoms with Crippen molar-refractivity contribution in [2.45, 2.75) is 38.6 Å². The number of aliphatic carboxylic acids is 1. The van der Waals surface area contributed by atoms with E-state index in [-0.39, 0.29) is 25.4 Å². The van der Waals surface area contributed by atoms with Gasteiger partial charge in [0, 0.05) is 17.6 Å². The normalized spacial score (nSPS) is 10.7. The molecule has 0 bridgehead atoms. The van der Waals surface area contributed by atoms with Gasteiger partial charge in [0.2, 0.25) is 0 Å². The van der Waals surface area contributed by atoms with Crippen LogP contribution in [0.4, 0.5) is 10.5 Å². The molecule has 0 radical (unpaired) electrons. The Balaban J connectivity index is 2.44. The molecule has 0 saturated carbocycles. The van der Waals surface area contributed by atoms with Gasteiger partial charge in [-0.05, 0) is 44.5 Å². The number of esters is 1. The Morgan fingerprint density at radius 1 is 1.12 bits per heavy atom. The van der Waals surface area contributed by atoms with E-state index < -0.39 is 17.5 Å². The van der Waals surface area contributed by atoms with Crippen molar-refractivity contribution in [1.29, 1.82) is 0 Å². The van der Waals surface area contributed by atoms with Gasteiger partial charge in [0.25, 0.3) is 0 Å². The summed E-state index contributed by atoms with van der Waals surface area (Å²) in [6.07, 6.45) is 0.456. The van der Waals surface area contributed by atoms with Crippen molar-refractivity contribution in [3.05, 3.63) is 24.3 Å². The summed E-state index contributed by atoms with van der Waals surface area (Å²) in [6, 6.07) is 6.24. The number of anilines is 1. The van der Waals surface area contributed by atoms with E-state index >= 15 is 0 Å². The summed E-state index contributed by atoms with van der Waals surface area (Å²) in [5.41, 5.74) is -0.0776. The van der Waals surface area contributed by atoms with Crippen LogP contribution in [0.5, 0.6) is 5.75 Å². The van der Waals surface area contributed by atoms with E-state index in [0.717, 1.165) is 0 Å². The van der Waals surface area contributed by atoms with Crippen molar-refractivity contribution in [3.8, 4) is 5.75 Å². The second-order valence-electron chi connectivity index (χ2n) is 6.06. The Labute approximate surface area is 146 Å². The summed E-state index contributed by atoms with van der Waals surface area (Å²) in [5.74, 6) is -0.685. The smallest absolute Gasteiger partial charge is 0.319 e. The first-order chi connectivity index (χ1) is 11.7. The highest BCUT2D eigenvalue weighted by Gasteiger charge is 2.21. The molecule has 8 heteroatoms. The number of carbonyl (C=O) groups excluding carboxylic acids is 2. The minimum absolute atomic E-state index is 0.0229. The molecule has 138 valence electrons. The van der Waals surface area contributed by atoms with Crippen LogP contribution in [0.15, 0.2) is 24.3 Å². The van der Waals surface area contributed by atoms with Crippen LogP contribution >= 0.6 is 0 Å². The summed E-state index contributed by atoms with van der Waals surface area (Å²) in [7, 11) is 1.32. The van der Waals surface area contributed by atoms with Gasteiger partial charge in [0.05, 0.1) is 20.1 Å². The lowest BCUT2D eigenvalue weighted by atomic mass is 9.99. The summed E-state index contributed by atoms with van der Waals surface area (Å²) in [6.45, 7) is 3.72. The van der Waals surface area contributed by atoms with E-state index in [1.807, 2.05) is 0 Å². The largest absolute Gasteiger partial charge is 0.493 e. The number of ether oxygens (including phenoxy) is 2. The first kappa shape index (κ1) is 20.3. The number of benzene rings is 1. The third-order valence-corrected chi connectivity index (χ3v) is 3.33. The molecule has 0 aliphatic heterocycles. The fraction of sp³-hybridized carbons (Fsp3) is 0.471. The number of carbonyl (C=O) groups is 3. The molecule has 1 rings (SSSR count). The molecule has 0 unspecified atom stereocenters.